The maximum atomic E-state index is 5.72. The molecule has 1 heterocycles. The second-order valence-electron chi connectivity index (χ2n) is 4.38. The van der Waals surface area contributed by atoms with Gasteiger partial charge in [0.2, 0.25) is 0 Å². The predicted molar refractivity (Wildman–Crippen MR) is 68.3 cm³/mol. The van der Waals surface area contributed by atoms with Crippen LogP contribution in [0.15, 0.2) is 43.0 Å². The van der Waals surface area contributed by atoms with Crippen molar-refractivity contribution in [3.63, 3.8) is 0 Å². The minimum absolute atomic E-state index is 0.534. The first kappa shape index (κ1) is 11.7. The summed E-state index contributed by atoms with van der Waals surface area (Å²) in [4.78, 5) is 3.99. The van der Waals surface area contributed by atoms with E-state index in [-0.39, 0.29) is 0 Å². The van der Waals surface area contributed by atoms with Crippen LogP contribution in [0.3, 0.4) is 0 Å². The summed E-state index contributed by atoms with van der Waals surface area (Å²) >= 11 is 0. The average Bonchev–Trinajstić information content (AvgIpc) is 2.82. The monoisotopic (exact) mass is 230 g/mol. The van der Waals surface area contributed by atoms with E-state index < -0.39 is 0 Å². The number of rotatable bonds is 5. The van der Waals surface area contributed by atoms with Gasteiger partial charge in [-0.25, -0.2) is 4.98 Å². The highest BCUT2D eigenvalue weighted by atomic mass is 16.5. The van der Waals surface area contributed by atoms with Crippen LogP contribution >= 0.6 is 0 Å². The molecule has 0 aliphatic carbocycles. The molecule has 0 bridgehead atoms. The van der Waals surface area contributed by atoms with Gasteiger partial charge in [-0.3, -0.25) is 0 Å². The minimum atomic E-state index is 0.534. The van der Waals surface area contributed by atoms with E-state index in [0.29, 0.717) is 12.5 Å². The van der Waals surface area contributed by atoms with Gasteiger partial charge in [-0.05, 0) is 23.6 Å². The van der Waals surface area contributed by atoms with E-state index in [1.165, 1.54) is 5.56 Å². The molecule has 3 nitrogen and oxygen atoms in total. The van der Waals surface area contributed by atoms with E-state index in [2.05, 4.69) is 31.0 Å². The summed E-state index contributed by atoms with van der Waals surface area (Å²) in [5, 5.41) is 0. The van der Waals surface area contributed by atoms with Crippen LogP contribution in [0.2, 0.25) is 0 Å². The van der Waals surface area contributed by atoms with Gasteiger partial charge in [-0.15, -0.1) is 0 Å². The van der Waals surface area contributed by atoms with Gasteiger partial charge in [0.1, 0.15) is 12.4 Å². The lowest BCUT2D eigenvalue weighted by Crippen LogP contribution is -2.06. The van der Waals surface area contributed by atoms with E-state index in [4.69, 9.17) is 4.74 Å². The molecule has 0 spiro atoms. The molecule has 0 radical (unpaired) electrons. The van der Waals surface area contributed by atoms with Crippen molar-refractivity contribution < 1.29 is 4.74 Å². The second-order valence-corrected chi connectivity index (χ2v) is 4.38. The molecule has 0 N–H and O–H groups in total. The van der Waals surface area contributed by atoms with Crippen LogP contribution < -0.4 is 4.74 Å². The Morgan fingerprint density at radius 3 is 2.94 bits per heavy atom. The van der Waals surface area contributed by atoms with Crippen molar-refractivity contribution in [2.24, 2.45) is 0 Å². The molecule has 0 unspecified atom stereocenters. The van der Waals surface area contributed by atoms with Crippen molar-refractivity contribution in [3.05, 3.63) is 48.5 Å². The third-order valence-electron chi connectivity index (χ3n) is 2.70. The number of nitrogens with zero attached hydrogens (tertiary/aromatic N) is 2. The molecule has 0 saturated heterocycles. The fourth-order valence-electron chi connectivity index (χ4n) is 1.65. The van der Waals surface area contributed by atoms with Crippen molar-refractivity contribution in [1.82, 2.24) is 9.55 Å². The van der Waals surface area contributed by atoms with Crippen LogP contribution in [0.1, 0.15) is 25.3 Å². The summed E-state index contributed by atoms with van der Waals surface area (Å²) < 4.78 is 7.73. The quantitative estimate of drug-likeness (QED) is 0.789. The lowest BCUT2D eigenvalue weighted by molar-refractivity contribution is 0.298. The largest absolute Gasteiger partial charge is 0.492 e. The zero-order chi connectivity index (χ0) is 12.1. The zero-order valence-corrected chi connectivity index (χ0v) is 10.3. The highest BCUT2D eigenvalue weighted by Gasteiger charge is 2.00. The molecule has 2 aromatic rings. The Labute approximate surface area is 102 Å². The first-order valence-electron chi connectivity index (χ1n) is 5.94. The third kappa shape index (κ3) is 3.34. The Morgan fingerprint density at radius 1 is 1.35 bits per heavy atom. The van der Waals surface area contributed by atoms with Crippen molar-refractivity contribution in [3.8, 4) is 5.75 Å². The molecule has 3 heteroatoms. The molecule has 0 saturated carbocycles. The Kier molecular flexibility index (Phi) is 3.81. The van der Waals surface area contributed by atoms with Gasteiger partial charge >= 0.3 is 0 Å². The Hall–Kier alpha value is -1.77. The van der Waals surface area contributed by atoms with Crippen LogP contribution in [0.5, 0.6) is 5.75 Å². The normalized spacial score (nSPS) is 10.8. The van der Waals surface area contributed by atoms with Crippen molar-refractivity contribution in [2.45, 2.75) is 26.3 Å². The van der Waals surface area contributed by atoms with Crippen molar-refractivity contribution >= 4 is 0 Å². The van der Waals surface area contributed by atoms with E-state index >= 15 is 0 Å². The number of aromatic nitrogens is 2. The molecule has 0 fully saturated rings. The van der Waals surface area contributed by atoms with Gasteiger partial charge < -0.3 is 9.30 Å². The average molecular weight is 230 g/mol. The summed E-state index contributed by atoms with van der Waals surface area (Å²) in [6, 6.07) is 8.29. The van der Waals surface area contributed by atoms with E-state index in [1.807, 2.05) is 22.9 Å². The number of ether oxygens (including phenoxy) is 1. The summed E-state index contributed by atoms with van der Waals surface area (Å²) in [6.07, 6.45) is 5.52. The minimum Gasteiger partial charge on any atom is -0.492 e. The molecule has 0 aliphatic heterocycles. The lowest BCUT2D eigenvalue weighted by Gasteiger charge is -2.10. The molecule has 0 aliphatic rings. The highest BCUT2D eigenvalue weighted by Crippen LogP contribution is 2.19. The summed E-state index contributed by atoms with van der Waals surface area (Å²) in [5.41, 5.74) is 1.31. The Balaban J connectivity index is 1.88. The molecule has 90 valence electrons. The molecular formula is C14H18N2O. The van der Waals surface area contributed by atoms with Gasteiger partial charge in [0.25, 0.3) is 0 Å². The lowest BCUT2D eigenvalue weighted by atomic mass is 10.0. The van der Waals surface area contributed by atoms with Crippen molar-refractivity contribution in [1.29, 1.82) is 0 Å². The maximum Gasteiger partial charge on any atom is 0.119 e. The van der Waals surface area contributed by atoms with Crippen LogP contribution in [0, 0.1) is 0 Å². The molecule has 1 aromatic carbocycles. The summed E-state index contributed by atoms with van der Waals surface area (Å²) in [6.45, 7) is 5.86. The SMILES string of the molecule is CC(C)c1cccc(OCCn2ccnc2)c1. The highest BCUT2D eigenvalue weighted by molar-refractivity contribution is 5.30. The van der Waals surface area contributed by atoms with Crippen LogP contribution in [0.25, 0.3) is 0 Å². The van der Waals surface area contributed by atoms with E-state index in [1.54, 1.807) is 12.5 Å². The van der Waals surface area contributed by atoms with Crippen molar-refractivity contribution in [2.75, 3.05) is 6.61 Å². The zero-order valence-electron chi connectivity index (χ0n) is 10.3. The van der Waals surface area contributed by atoms with E-state index in [9.17, 15) is 0 Å². The Bertz CT molecular complexity index is 449. The molecule has 17 heavy (non-hydrogen) atoms. The van der Waals surface area contributed by atoms with Gasteiger partial charge in [0, 0.05) is 12.4 Å². The molecular weight excluding hydrogens is 212 g/mol. The van der Waals surface area contributed by atoms with Gasteiger partial charge in [-0.2, -0.15) is 0 Å². The third-order valence-corrected chi connectivity index (χ3v) is 2.70. The van der Waals surface area contributed by atoms with Crippen LogP contribution in [0.4, 0.5) is 0 Å². The maximum absolute atomic E-state index is 5.72. The number of imidazole rings is 1. The fourth-order valence-corrected chi connectivity index (χ4v) is 1.65. The second kappa shape index (κ2) is 5.53. The molecule has 1 aromatic heterocycles. The predicted octanol–water partition coefficient (Wildman–Crippen LogP) is 3.09. The molecule has 0 amide bonds. The van der Waals surface area contributed by atoms with Gasteiger partial charge in [-0.1, -0.05) is 26.0 Å². The van der Waals surface area contributed by atoms with Crippen LogP contribution in [-0.2, 0) is 6.54 Å². The first-order chi connectivity index (χ1) is 8.25. The summed E-state index contributed by atoms with van der Waals surface area (Å²) in [5.74, 6) is 1.48. The molecule has 0 atom stereocenters. The molecule has 2 rings (SSSR count). The topological polar surface area (TPSA) is 27.1 Å². The van der Waals surface area contributed by atoms with Crippen LogP contribution in [-0.4, -0.2) is 16.2 Å². The standard InChI is InChI=1S/C14H18N2O/c1-12(2)13-4-3-5-14(10-13)17-9-8-16-7-6-15-11-16/h3-7,10-12H,8-9H2,1-2H3. The van der Waals surface area contributed by atoms with Gasteiger partial charge in [0.15, 0.2) is 0 Å². The van der Waals surface area contributed by atoms with E-state index in [0.717, 1.165) is 12.3 Å². The summed E-state index contributed by atoms with van der Waals surface area (Å²) in [7, 11) is 0. The number of hydrogen-bond acceptors (Lipinski definition) is 2. The number of benzene rings is 1. The first-order valence-corrected chi connectivity index (χ1v) is 5.94. The smallest absolute Gasteiger partial charge is 0.119 e. The Morgan fingerprint density at radius 2 is 2.24 bits per heavy atom. The fraction of sp³-hybridized carbons (Fsp3) is 0.357. The van der Waals surface area contributed by atoms with Gasteiger partial charge in [0.05, 0.1) is 12.9 Å². The number of hydrogen-bond donors (Lipinski definition) is 0.